The van der Waals surface area contributed by atoms with Gasteiger partial charge in [0.25, 0.3) is 0 Å². The van der Waals surface area contributed by atoms with Crippen molar-refractivity contribution in [3.63, 3.8) is 0 Å². The number of carbonyl (C=O) groups excluding carboxylic acids is 1. The topological polar surface area (TPSA) is 51.7 Å². The summed E-state index contributed by atoms with van der Waals surface area (Å²) in [4.78, 5) is 20.2. The molecule has 1 heterocycles. The van der Waals surface area contributed by atoms with E-state index < -0.39 is 0 Å². The van der Waals surface area contributed by atoms with Gasteiger partial charge in [-0.2, -0.15) is 0 Å². The number of amides is 1. The summed E-state index contributed by atoms with van der Waals surface area (Å²) in [5.41, 5.74) is 4.91. The molecule has 0 radical (unpaired) electrons. The molecule has 0 spiro atoms. The molecule has 0 atom stereocenters. The van der Waals surface area contributed by atoms with Crippen molar-refractivity contribution >= 4 is 38.3 Å². The molecule has 1 aromatic heterocycles. The molecular weight excluding hydrogens is 420 g/mol. The van der Waals surface area contributed by atoms with Crippen LogP contribution in [-0.2, 0) is 11.2 Å². The second kappa shape index (κ2) is 9.40. The average molecular weight is 447 g/mol. The highest BCUT2D eigenvalue weighted by Gasteiger charge is 2.24. The van der Waals surface area contributed by atoms with E-state index in [0.717, 1.165) is 32.6 Å². The quantitative estimate of drug-likeness (QED) is 0.338. The van der Waals surface area contributed by atoms with Crippen molar-refractivity contribution in [3.05, 3.63) is 77.4 Å². The molecule has 4 rings (SSSR count). The van der Waals surface area contributed by atoms with E-state index in [9.17, 15) is 4.79 Å². The number of methoxy groups -OCH3 is 2. The van der Waals surface area contributed by atoms with E-state index in [4.69, 9.17) is 14.5 Å². The number of aryl methyl sites for hydroxylation is 3. The maximum absolute atomic E-state index is 13.6. The maximum atomic E-state index is 13.6. The van der Waals surface area contributed by atoms with Crippen molar-refractivity contribution in [1.29, 1.82) is 0 Å². The van der Waals surface area contributed by atoms with Crippen LogP contribution < -0.4 is 14.4 Å². The van der Waals surface area contributed by atoms with Crippen LogP contribution in [0.5, 0.6) is 11.5 Å². The number of carbonyl (C=O) groups is 1. The minimum atomic E-state index is 0.0104. The van der Waals surface area contributed by atoms with Crippen molar-refractivity contribution in [1.82, 2.24) is 4.98 Å². The molecule has 3 aromatic carbocycles. The minimum Gasteiger partial charge on any atom is -0.493 e. The first-order valence-electron chi connectivity index (χ1n) is 10.5. The number of nitrogens with zero attached hydrogens (tertiary/aromatic N) is 2. The number of para-hydroxylation sites is 2. The van der Waals surface area contributed by atoms with E-state index >= 15 is 0 Å². The predicted octanol–water partition coefficient (Wildman–Crippen LogP) is 6.23. The van der Waals surface area contributed by atoms with Crippen molar-refractivity contribution < 1.29 is 14.3 Å². The first-order chi connectivity index (χ1) is 15.5. The van der Waals surface area contributed by atoms with Gasteiger partial charge >= 0.3 is 0 Å². The Morgan fingerprint density at radius 3 is 2.34 bits per heavy atom. The Hall–Kier alpha value is -3.38. The number of hydrogen-bond acceptors (Lipinski definition) is 5. The lowest BCUT2D eigenvalue weighted by atomic mass is 10.1. The standard InChI is InChI=1S/C26H26N2O3S/c1-17-8-7-9-18(2)25(17)28(26-27-20-10-5-6-11-23(20)32-26)24(29)15-13-19-12-14-21(30-3)22(16-19)31-4/h5-12,14,16H,13,15H2,1-4H3. The number of aromatic nitrogens is 1. The molecule has 1 amide bonds. The third kappa shape index (κ3) is 4.32. The average Bonchev–Trinajstić information content (AvgIpc) is 3.23. The van der Waals surface area contributed by atoms with Crippen LogP contribution >= 0.6 is 11.3 Å². The molecule has 0 bridgehead atoms. The molecule has 5 nitrogen and oxygen atoms in total. The largest absolute Gasteiger partial charge is 0.493 e. The van der Waals surface area contributed by atoms with Crippen LogP contribution in [0.15, 0.2) is 60.7 Å². The van der Waals surface area contributed by atoms with Crippen LogP contribution in [0.2, 0.25) is 0 Å². The van der Waals surface area contributed by atoms with Gasteiger partial charge in [-0.25, -0.2) is 4.98 Å². The minimum absolute atomic E-state index is 0.0104. The molecule has 0 aliphatic rings. The third-order valence-electron chi connectivity index (χ3n) is 5.46. The summed E-state index contributed by atoms with van der Waals surface area (Å²) < 4.78 is 11.8. The van der Waals surface area contributed by atoms with Gasteiger partial charge in [-0.05, 0) is 61.2 Å². The van der Waals surface area contributed by atoms with E-state index in [1.807, 2.05) is 74.5 Å². The Morgan fingerprint density at radius 2 is 1.66 bits per heavy atom. The van der Waals surface area contributed by atoms with Gasteiger partial charge in [-0.1, -0.05) is 47.7 Å². The van der Waals surface area contributed by atoms with E-state index in [2.05, 4.69) is 0 Å². The molecule has 6 heteroatoms. The fraction of sp³-hybridized carbons (Fsp3) is 0.231. The van der Waals surface area contributed by atoms with Crippen molar-refractivity contribution in [2.24, 2.45) is 0 Å². The summed E-state index contributed by atoms with van der Waals surface area (Å²) in [7, 11) is 3.23. The Bertz CT molecular complexity index is 1210. The Morgan fingerprint density at radius 1 is 0.938 bits per heavy atom. The van der Waals surface area contributed by atoms with E-state index in [-0.39, 0.29) is 5.91 Å². The molecule has 164 valence electrons. The highest BCUT2D eigenvalue weighted by atomic mass is 32.1. The molecule has 4 aromatic rings. The first-order valence-corrected chi connectivity index (χ1v) is 11.3. The fourth-order valence-corrected chi connectivity index (χ4v) is 4.83. The Balaban J connectivity index is 1.68. The SMILES string of the molecule is COc1ccc(CCC(=O)N(c2nc3ccccc3s2)c2c(C)cccc2C)cc1OC. The normalized spacial score (nSPS) is 10.9. The molecule has 0 aliphatic heterocycles. The first kappa shape index (κ1) is 21.8. The summed E-state index contributed by atoms with van der Waals surface area (Å²) in [6.07, 6.45) is 0.935. The van der Waals surface area contributed by atoms with Crippen molar-refractivity contribution in [2.75, 3.05) is 19.1 Å². The molecule has 0 N–H and O–H groups in total. The predicted molar refractivity (Wildman–Crippen MR) is 131 cm³/mol. The lowest BCUT2D eigenvalue weighted by Gasteiger charge is -2.24. The summed E-state index contributed by atoms with van der Waals surface area (Å²) in [6, 6.07) is 19.8. The van der Waals surface area contributed by atoms with Crippen LogP contribution in [-0.4, -0.2) is 25.1 Å². The zero-order chi connectivity index (χ0) is 22.7. The molecule has 0 saturated heterocycles. The second-order valence-corrected chi connectivity index (χ2v) is 8.63. The van der Waals surface area contributed by atoms with Gasteiger partial charge in [0.05, 0.1) is 30.1 Å². The lowest BCUT2D eigenvalue weighted by molar-refractivity contribution is -0.117. The molecule has 0 fully saturated rings. The summed E-state index contributed by atoms with van der Waals surface area (Å²) >= 11 is 1.54. The molecule has 32 heavy (non-hydrogen) atoms. The number of ether oxygens (including phenoxy) is 2. The summed E-state index contributed by atoms with van der Waals surface area (Å²) in [5, 5.41) is 0.695. The summed E-state index contributed by atoms with van der Waals surface area (Å²) in [6.45, 7) is 4.06. The van der Waals surface area contributed by atoms with Crippen molar-refractivity contribution in [2.45, 2.75) is 26.7 Å². The highest BCUT2D eigenvalue weighted by molar-refractivity contribution is 7.22. The highest BCUT2D eigenvalue weighted by Crippen LogP contribution is 2.37. The Labute approximate surface area is 192 Å². The van der Waals surface area contributed by atoms with Crippen LogP contribution in [0.3, 0.4) is 0 Å². The molecule has 0 unspecified atom stereocenters. The van der Waals surface area contributed by atoms with E-state index in [1.165, 1.54) is 11.3 Å². The molecule has 0 saturated carbocycles. The van der Waals surface area contributed by atoms with Crippen LogP contribution in [0.4, 0.5) is 10.8 Å². The maximum Gasteiger partial charge on any atom is 0.233 e. The number of rotatable bonds is 7. The Kier molecular flexibility index (Phi) is 6.42. The van der Waals surface area contributed by atoms with E-state index in [0.29, 0.717) is 29.5 Å². The third-order valence-corrected chi connectivity index (χ3v) is 6.48. The van der Waals surface area contributed by atoms with Gasteiger partial charge in [0, 0.05) is 6.42 Å². The number of benzene rings is 3. The van der Waals surface area contributed by atoms with E-state index in [1.54, 1.807) is 19.1 Å². The number of hydrogen-bond donors (Lipinski definition) is 0. The monoisotopic (exact) mass is 446 g/mol. The summed E-state index contributed by atoms with van der Waals surface area (Å²) in [5.74, 6) is 1.35. The van der Waals surface area contributed by atoms with Crippen LogP contribution in [0, 0.1) is 13.8 Å². The zero-order valence-corrected chi connectivity index (χ0v) is 19.5. The smallest absolute Gasteiger partial charge is 0.233 e. The van der Waals surface area contributed by atoms with Crippen LogP contribution in [0.25, 0.3) is 10.2 Å². The van der Waals surface area contributed by atoms with Crippen LogP contribution in [0.1, 0.15) is 23.1 Å². The molecular formula is C26H26N2O3S. The zero-order valence-electron chi connectivity index (χ0n) is 18.7. The number of thiazole rings is 1. The van der Waals surface area contributed by atoms with Gasteiger partial charge in [0.2, 0.25) is 5.91 Å². The van der Waals surface area contributed by atoms with Crippen molar-refractivity contribution in [3.8, 4) is 11.5 Å². The number of anilines is 2. The number of fused-ring (bicyclic) bond motifs is 1. The van der Waals surface area contributed by atoms with Gasteiger partial charge in [0.1, 0.15) is 0 Å². The lowest BCUT2D eigenvalue weighted by Crippen LogP contribution is -2.27. The molecule has 0 aliphatic carbocycles. The van der Waals surface area contributed by atoms with Gasteiger partial charge in [-0.3, -0.25) is 9.69 Å². The fourth-order valence-electron chi connectivity index (χ4n) is 3.84. The second-order valence-electron chi connectivity index (χ2n) is 7.62. The van der Waals surface area contributed by atoms with Gasteiger partial charge in [-0.15, -0.1) is 0 Å². The van der Waals surface area contributed by atoms with Gasteiger partial charge in [0.15, 0.2) is 16.6 Å². The van der Waals surface area contributed by atoms with Gasteiger partial charge < -0.3 is 9.47 Å².